The Labute approximate surface area is 118 Å². The molecule has 0 aliphatic carbocycles. The zero-order valence-corrected chi connectivity index (χ0v) is 12.4. The van der Waals surface area contributed by atoms with E-state index in [0.29, 0.717) is 11.0 Å². The van der Waals surface area contributed by atoms with Gasteiger partial charge in [-0.25, -0.2) is 8.78 Å². The molecule has 0 saturated heterocycles. The third kappa shape index (κ3) is 3.26. The highest BCUT2D eigenvalue weighted by Crippen LogP contribution is 2.26. The predicted octanol–water partition coefficient (Wildman–Crippen LogP) is 5.16. The van der Waals surface area contributed by atoms with E-state index < -0.39 is 11.6 Å². The van der Waals surface area contributed by atoms with Crippen LogP contribution in [0.4, 0.5) is 14.5 Å². The fraction of sp³-hybridized carbons (Fsp3) is 0.0909. The van der Waals surface area contributed by atoms with Crippen LogP contribution in [-0.4, -0.2) is 0 Å². The van der Waals surface area contributed by atoms with Crippen molar-refractivity contribution in [2.45, 2.75) is 6.54 Å². The molecule has 2 aromatic rings. The monoisotopic (exact) mass is 381 g/mol. The number of thiophene rings is 1. The molecule has 2 rings (SSSR count). The van der Waals surface area contributed by atoms with Crippen LogP contribution in [0.2, 0.25) is 0 Å². The van der Waals surface area contributed by atoms with Gasteiger partial charge < -0.3 is 5.32 Å². The lowest BCUT2D eigenvalue weighted by Crippen LogP contribution is -2.02. The smallest absolute Gasteiger partial charge is 0.150 e. The maximum absolute atomic E-state index is 13.5. The van der Waals surface area contributed by atoms with Gasteiger partial charge in [0.15, 0.2) is 0 Å². The van der Waals surface area contributed by atoms with Crippen molar-refractivity contribution in [3.63, 3.8) is 0 Å². The number of hydrogen-bond donors (Lipinski definition) is 1. The summed E-state index contributed by atoms with van der Waals surface area (Å²) in [6.45, 7) is 0.395. The highest BCUT2D eigenvalue weighted by Gasteiger charge is 2.10. The van der Waals surface area contributed by atoms with E-state index in [1.807, 2.05) is 12.1 Å². The Morgan fingerprint density at radius 3 is 2.29 bits per heavy atom. The molecule has 17 heavy (non-hydrogen) atoms. The van der Waals surface area contributed by atoms with Gasteiger partial charge in [-0.15, -0.1) is 11.3 Å². The Morgan fingerprint density at radius 2 is 1.76 bits per heavy atom. The van der Waals surface area contributed by atoms with E-state index in [9.17, 15) is 8.78 Å². The van der Waals surface area contributed by atoms with Crippen molar-refractivity contribution in [3.05, 3.63) is 49.0 Å². The minimum Gasteiger partial charge on any atom is -0.375 e. The highest BCUT2D eigenvalue weighted by atomic mass is 79.9. The second kappa shape index (κ2) is 5.46. The number of hydrogen-bond acceptors (Lipinski definition) is 2. The molecule has 0 atom stereocenters. The fourth-order valence-electron chi connectivity index (χ4n) is 1.33. The van der Waals surface area contributed by atoms with Crippen LogP contribution in [0.5, 0.6) is 0 Å². The number of halogens is 4. The molecule has 6 heteroatoms. The first kappa shape index (κ1) is 13.0. The van der Waals surface area contributed by atoms with Crippen LogP contribution >= 0.6 is 43.2 Å². The third-order valence-corrected chi connectivity index (χ3v) is 4.16. The van der Waals surface area contributed by atoms with Crippen molar-refractivity contribution in [2.24, 2.45) is 0 Å². The molecule has 0 radical (unpaired) electrons. The Morgan fingerprint density at radius 1 is 1.12 bits per heavy atom. The quantitative estimate of drug-likeness (QED) is 0.772. The minimum absolute atomic E-state index is 0.0993. The van der Waals surface area contributed by atoms with E-state index in [4.69, 9.17) is 0 Å². The van der Waals surface area contributed by atoms with Crippen LogP contribution < -0.4 is 5.32 Å². The molecule has 90 valence electrons. The van der Waals surface area contributed by atoms with Gasteiger partial charge in [0.05, 0.1) is 3.79 Å². The summed E-state index contributed by atoms with van der Waals surface area (Å²) in [6, 6.07) is 6.26. The molecule has 1 nitrogen and oxygen atoms in total. The lowest BCUT2D eigenvalue weighted by atomic mass is 10.3. The number of anilines is 1. The Kier molecular flexibility index (Phi) is 4.17. The first-order valence-electron chi connectivity index (χ1n) is 4.69. The molecule has 0 spiro atoms. The maximum atomic E-state index is 13.5. The number of nitrogens with one attached hydrogen (secondary N) is 1. The largest absolute Gasteiger partial charge is 0.375 e. The predicted molar refractivity (Wildman–Crippen MR) is 73.4 cm³/mol. The van der Waals surface area contributed by atoms with Gasteiger partial charge in [-0.2, -0.15) is 0 Å². The van der Waals surface area contributed by atoms with Crippen molar-refractivity contribution in [1.29, 1.82) is 0 Å². The first-order valence-corrected chi connectivity index (χ1v) is 7.09. The van der Waals surface area contributed by atoms with Crippen LogP contribution in [0.15, 0.2) is 32.5 Å². The van der Waals surface area contributed by atoms with E-state index in [0.717, 1.165) is 8.66 Å². The van der Waals surface area contributed by atoms with E-state index in [-0.39, 0.29) is 5.69 Å². The summed E-state index contributed by atoms with van der Waals surface area (Å²) in [6.07, 6.45) is 0. The molecular formula is C11H7Br2F2NS. The van der Waals surface area contributed by atoms with Gasteiger partial charge in [-0.3, -0.25) is 0 Å². The summed E-state index contributed by atoms with van der Waals surface area (Å²) in [5.74, 6) is -1.21. The van der Waals surface area contributed by atoms with E-state index in [2.05, 4.69) is 37.2 Å². The van der Waals surface area contributed by atoms with Crippen LogP contribution in [0, 0.1) is 11.6 Å². The second-order valence-electron chi connectivity index (χ2n) is 3.30. The Bertz CT molecular complexity index is 519. The van der Waals surface area contributed by atoms with Crippen molar-refractivity contribution in [3.8, 4) is 0 Å². The van der Waals surface area contributed by atoms with Crippen molar-refractivity contribution in [1.82, 2.24) is 0 Å². The third-order valence-electron chi connectivity index (χ3n) is 2.08. The van der Waals surface area contributed by atoms with Crippen molar-refractivity contribution < 1.29 is 8.78 Å². The lowest BCUT2D eigenvalue weighted by Gasteiger charge is -2.08. The average molecular weight is 383 g/mol. The van der Waals surface area contributed by atoms with E-state index in [1.165, 1.54) is 23.5 Å². The average Bonchev–Trinajstić information content (AvgIpc) is 2.62. The molecule has 0 aliphatic heterocycles. The molecular weight excluding hydrogens is 376 g/mol. The van der Waals surface area contributed by atoms with E-state index in [1.54, 1.807) is 0 Å². The summed E-state index contributed by atoms with van der Waals surface area (Å²) in [5.41, 5.74) is -0.0993. The normalized spacial score (nSPS) is 10.6. The molecule has 0 unspecified atom stereocenters. The number of benzene rings is 1. The minimum atomic E-state index is -0.604. The van der Waals surface area contributed by atoms with Gasteiger partial charge in [-0.05, 0) is 40.2 Å². The van der Waals surface area contributed by atoms with Gasteiger partial charge in [0.2, 0.25) is 0 Å². The Balaban J connectivity index is 2.14. The summed E-state index contributed by atoms with van der Waals surface area (Å²) in [5, 5.41) is 2.76. The van der Waals surface area contributed by atoms with Crippen LogP contribution in [0.25, 0.3) is 0 Å². The second-order valence-corrected chi connectivity index (χ2v) is 6.77. The lowest BCUT2D eigenvalue weighted by molar-refractivity contribution is 0.586. The van der Waals surface area contributed by atoms with Crippen molar-refractivity contribution in [2.75, 3.05) is 5.32 Å². The molecule has 0 amide bonds. The van der Waals surface area contributed by atoms with Crippen LogP contribution in [0.1, 0.15) is 4.88 Å². The maximum Gasteiger partial charge on any atom is 0.150 e. The fourth-order valence-corrected chi connectivity index (χ4v) is 3.16. The topological polar surface area (TPSA) is 12.0 Å². The van der Waals surface area contributed by atoms with Gasteiger partial charge in [0.25, 0.3) is 0 Å². The van der Waals surface area contributed by atoms with Gasteiger partial charge >= 0.3 is 0 Å². The molecule has 0 bridgehead atoms. The van der Waals surface area contributed by atoms with Gasteiger partial charge in [0, 0.05) is 15.9 Å². The van der Waals surface area contributed by atoms with Gasteiger partial charge in [-0.1, -0.05) is 15.9 Å². The standard InChI is InChI=1S/C11H7Br2F2NS/c12-6-3-8(14)11(9(15)4-6)16-5-7-1-2-10(13)17-7/h1-4,16H,5H2. The van der Waals surface area contributed by atoms with Crippen LogP contribution in [-0.2, 0) is 6.54 Å². The zero-order chi connectivity index (χ0) is 12.4. The summed E-state index contributed by atoms with van der Waals surface area (Å²) in [4.78, 5) is 0.999. The highest BCUT2D eigenvalue weighted by molar-refractivity contribution is 9.11. The summed E-state index contributed by atoms with van der Waals surface area (Å²) < 4.78 is 28.3. The first-order chi connectivity index (χ1) is 8.06. The summed E-state index contributed by atoms with van der Waals surface area (Å²) in [7, 11) is 0. The molecule has 1 aromatic carbocycles. The zero-order valence-electron chi connectivity index (χ0n) is 8.44. The molecule has 1 aromatic heterocycles. The molecule has 1 N–H and O–H groups in total. The molecule has 1 heterocycles. The molecule has 0 saturated carbocycles. The SMILES string of the molecule is Fc1cc(Br)cc(F)c1NCc1ccc(Br)s1. The molecule has 0 fully saturated rings. The van der Waals surface area contributed by atoms with Gasteiger partial charge in [0.1, 0.15) is 17.3 Å². The van der Waals surface area contributed by atoms with Crippen LogP contribution in [0.3, 0.4) is 0 Å². The number of rotatable bonds is 3. The van der Waals surface area contributed by atoms with Crippen molar-refractivity contribution >= 4 is 48.9 Å². The summed E-state index contributed by atoms with van der Waals surface area (Å²) >= 11 is 7.89. The van der Waals surface area contributed by atoms with E-state index >= 15 is 0 Å². The Hall–Kier alpha value is -0.460. The molecule has 0 aliphatic rings.